The average molecular weight is 311 g/mol. The van der Waals surface area contributed by atoms with Gasteiger partial charge in [0.2, 0.25) is 5.91 Å². The van der Waals surface area contributed by atoms with E-state index in [4.69, 9.17) is 5.73 Å². The second-order valence-corrected chi connectivity index (χ2v) is 5.85. The third-order valence-corrected chi connectivity index (χ3v) is 3.85. The van der Waals surface area contributed by atoms with Gasteiger partial charge in [0.05, 0.1) is 0 Å². The Hall–Kier alpha value is -0.870. The fourth-order valence-electron chi connectivity index (χ4n) is 1.92. The van der Waals surface area contributed by atoms with Crippen LogP contribution < -0.4 is 11.1 Å². The van der Waals surface area contributed by atoms with E-state index in [9.17, 15) is 4.79 Å². The molecule has 4 heteroatoms. The molecule has 0 heterocycles. The molecule has 1 unspecified atom stereocenters. The van der Waals surface area contributed by atoms with Gasteiger partial charge in [0.1, 0.15) is 0 Å². The van der Waals surface area contributed by atoms with E-state index >= 15 is 0 Å². The Balaban J connectivity index is 1.66. The van der Waals surface area contributed by atoms with Crippen LogP contribution in [0, 0.1) is 5.92 Å². The van der Waals surface area contributed by atoms with Crippen LogP contribution in [-0.2, 0) is 11.2 Å². The van der Waals surface area contributed by atoms with Gasteiger partial charge in [0, 0.05) is 23.5 Å². The van der Waals surface area contributed by atoms with Gasteiger partial charge < -0.3 is 11.1 Å². The molecular weight excluding hydrogens is 292 g/mol. The smallest absolute Gasteiger partial charge is 0.220 e. The van der Waals surface area contributed by atoms with Gasteiger partial charge in [-0.25, -0.2) is 0 Å². The largest absolute Gasteiger partial charge is 0.355 e. The van der Waals surface area contributed by atoms with Crippen LogP contribution in [-0.4, -0.2) is 18.5 Å². The molecule has 3 N–H and O–H groups in total. The number of aryl methyl sites for hydroxylation is 1. The topological polar surface area (TPSA) is 55.1 Å². The zero-order valence-electron chi connectivity index (χ0n) is 10.4. The molecule has 1 aliphatic carbocycles. The first kappa shape index (κ1) is 13.6. The molecule has 1 aromatic rings. The van der Waals surface area contributed by atoms with Crippen LogP contribution in [0.4, 0.5) is 0 Å². The van der Waals surface area contributed by atoms with Crippen LogP contribution in [0.5, 0.6) is 0 Å². The first-order chi connectivity index (χ1) is 8.65. The van der Waals surface area contributed by atoms with Gasteiger partial charge in [-0.05, 0) is 42.9 Å². The Morgan fingerprint density at radius 2 is 2.06 bits per heavy atom. The minimum absolute atomic E-state index is 0.0917. The van der Waals surface area contributed by atoms with Gasteiger partial charge in [-0.3, -0.25) is 4.79 Å². The zero-order chi connectivity index (χ0) is 13.0. The lowest BCUT2D eigenvalue weighted by Crippen LogP contribution is -2.38. The van der Waals surface area contributed by atoms with Crippen LogP contribution >= 0.6 is 15.9 Å². The molecule has 1 amide bonds. The quantitative estimate of drug-likeness (QED) is 0.846. The lowest BCUT2D eigenvalue weighted by Gasteiger charge is -2.11. The first-order valence-corrected chi connectivity index (χ1v) is 7.21. The molecule has 1 aliphatic rings. The second-order valence-electron chi connectivity index (χ2n) is 4.93. The van der Waals surface area contributed by atoms with Crippen LogP contribution in [0.2, 0.25) is 0 Å². The summed E-state index contributed by atoms with van der Waals surface area (Å²) >= 11 is 3.39. The van der Waals surface area contributed by atoms with Crippen LogP contribution in [0.1, 0.15) is 24.8 Å². The maximum atomic E-state index is 11.7. The van der Waals surface area contributed by atoms with Crippen molar-refractivity contribution in [2.45, 2.75) is 31.7 Å². The van der Waals surface area contributed by atoms with Crippen molar-refractivity contribution < 1.29 is 4.79 Å². The molecule has 0 aliphatic heterocycles. The molecule has 0 aromatic heterocycles. The van der Waals surface area contributed by atoms with E-state index < -0.39 is 0 Å². The standard InChI is InChI=1S/C14H19BrN2O/c15-12-6-1-10(2-7-12)3-8-14(18)17-9-13(16)11-4-5-11/h1-2,6-7,11,13H,3-5,8-9,16H2,(H,17,18). The second kappa shape index (κ2) is 6.34. The maximum absolute atomic E-state index is 11.7. The van der Waals surface area contributed by atoms with Crippen molar-refractivity contribution >= 4 is 21.8 Å². The van der Waals surface area contributed by atoms with Crippen molar-refractivity contribution in [1.82, 2.24) is 5.32 Å². The highest BCUT2D eigenvalue weighted by atomic mass is 79.9. The van der Waals surface area contributed by atoms with E-state index in [1.54, 1.807) is 0 Å². The minimum Gasteiger partial charge on any atom is -0.355 e. The normalized spacial score (nSPS) is 16.3. The van der Waals surface area contributed by atoms with Crippen molar-refractivity contribution in [3.8, 4) is 0 Å². The molecule has 0 bridgehead atoms. The number of halogens is 1. The van der Waals surface area contributed by atoms with Crippen molar-refractivity contribution in [1.29, 1.82) is 0 Å². The number of hydrogen-bond acceptors (Lipinski definition) is 2. The third-order valence-electron chi connectivity index (χ3n) is 3.32. The van der Waals surface area contributed by atoms with Crippen molar-refractivity contribution in [2.75, 3.05) is 6.54 Å². The lowest BCUT2D eigenvalue weighted by molar-refractivity contribution is -0.121. The molecule has 1 fully saturated rings. The number of nitrogens with two attached hydrogens (primary N) is 1. The summed E-state index contributed by atoms with van der Waals surface area (Å²) in [5.74, 6) is 0.728. The summed E-state index contributed by atoms with van der Waals surface area (Å²) < 4.78 is 1.06. The summed E-state index contributed by atoms with van der Waals surface area (Å²) in [6.07, 6.45) is 3.74. The van der Waals surface area contributed by atoms with Crippen molar-refractivity contribution in [3.63, 3.8) is 0 Å². The Morgan fingerprint density at radius 3 is 2.67 bits per heavy atom. The molecule has 98 valence electrons. The highest BCUT2D eigenvalue weighted by Gasteiger charge is 2.28. The number of rotatable bonds is 6. The fourth-order valence-corrected chi connectivity index (χ4v) is 2.18. The van der Waals surface area contributed by atoms with Gasteiger partial charge >= 0.3 is 0 Å². The monoisotopic (exact) mass is 310 g/mol. The molecule has 1 atom stereocenters. The van der Waals surface area contributed by atoms with E-state index in [-0.39, 0.29) is 11.9 Å². The molecule has 0 saturated heterocycles. The molecule has 1 saturated carbocycles. The first-order valence-electron chi connectivity index (χ1n) is 6.42. The predicted molar refractivity (Wildman–Crippen MR) is 76.2 cm³/mol. The molecule has 2 rings (SSSR count). The summed E-state index contributed by atoms with van der Waals surface area (Å²) in [5.41, 5.74) is 7.11. The summed E-state index contributed by atoms with van der Waals surface area (Å²) in [4.78, 5) is 11.7. The number of carbonyl (C=O) groups is 1. The molecule has 0 spiro atoms. The third kappa shape index (κ3) is 4.42. The van der Waals surface area contributed by atoms with Crippen molar-refractivity contribution in [3.05, 3.63) is 34.3 Å². The van der Waals surface area contributed by atoms with Crippen LogP contribution in [0.15, 0.2) is 28.7 Å². The number of nitrogens with one attached hydrogen (secondary N) is 1. The van der Waals surface area contributed by atoms with Gasteiger partial charge in [-0.2, -0.15) is 0 Å². The number of hydrogen-bond donors (Lipinski definition) is 2. The number of amides is 1. The van der Waals surface area contributed by atoms with E-state index in [1.165, 1.54) is 18.4 Å². The van der Waals surface area contributed by atoms with Gasteiger partial charge in [-0.15, -0.1) is 0 Å². The fraction of sp³-hybridized carbons (Fsp3) is 0.500. The SMILES string of the molecule is NC(CNC(=O)CCc1ccc(Br)cc1)C1CC1. The Kier molecular flexibility index (Phi) is 4.78. The Bertz CT molecular complexity index is 401. The highest BCUT2D eigenvalue weighted by molar-refractivity contribution is 9.10. The molecule has 0 radical (unpaired) electrons. The Labute approximate surface area is 116 Å². The summed E-state index contributed by atoms with van der Waals surface area (Å²) in [6, 6.07) is 8.20. The summed E-state index contributed by atoms with van der Waals surface area (Å²) in [6.45, 7) is 0.615. The summed E-state index contributed by atoms with van der Waals surface area (Å²) in [7, 11) is 0. The number of benzene rings is 1. The number of carbonyl (C=O) groups excluding carboxylic acids is 1. The van der Waals surface area contributed by atoms with Gasteiger partial charge in [0.15, 0.2) is 0 Å². The molecule has 1 aromatic carbocycles. The van der Waals surface area contributed by atoms with Gasteiger partial charge in [-0.1, -0.05) is 28.1 Å². The molecule has 3 nitrogen and oxygen atoms in total. The maximum Gasteiger partial charge on any atom is 0.220 e. The molecular formula is C14H19BrN2O. The van der Waals surface area contributed by atoms with Gasteiger partial charge in [0.25, 0.3) is 0 Å². The summed E-state index contributed by atoms with van der Waals surface area (Å²) in [5, 5.41) is 2.91. The van der Waals surface area contributed by atoms with E-state index in [1.807, 2.05) is 24.3 Å². The van der Waals surface area contributed by atoms with Crippen LogP contribution in [0.3, 0.4) is 0 Å². The minimum atomic E-state index is 0.0917. The Morgan fingerprint density at radius 1 is 1.39 bits per heavy atom. The highest BCUT2D eigenvalue weighted by Crippen LogP contribution is 2.31. The zero-order valence-corrected chi connectivity index (χ0v) is 11.9. The average Bonchev–Trinajstić information content (AvgIpc) is 3.19. The van der Waals surface area contributed by atoms with E-state index in [2.05, 4.69) is 21.2 Å². The van der Waals surface area contributed by atoms with E-state index in [0.717, 1.165) is 10.9 Å². The predicted octanol–water partition coefficient (Wildman–Crippen LogP) is 2.24. The van der Waals surface area contributed by atoms with E-state index in [0.29, 0.717) is 18.9 Å². The lowest BCUT2D eigenvalue weighted by atomic mass is 10.1. The van der Waals surface area contributed by atoms with Crippen molar-refractivity contribution in [2.24, 2.45) is 11.7 Å². The van der Waals surface area contributed by atoms with Crippen LogP contribution in [0.25, 0.3) is 0 Å². The molecule has 18 heavy (non-hydrogen) atoms.